The molecule has 68 valence electrons. The summed E-state index contributed by atoms with van der Waals surface area (Å²) in [5.74, 6) is 0.305. The van der Waals surface area contributed by atoms with Crippen LogP contribution in [0.2, 0.25) is 0 Å². The van der Waals surface area contributed by atoms with E-state index in [1.807, 2.05) is 0 Å². The Hall–Kier alpha value is -0.410. The van der Waals surface area contributed by atoms with Gasteiger partial charge in [-0.1, -0.05) is 0 Å². The summed E-state index contributed by atoms with van der Waals surface area (Å²) in [6, 6.07) is 0.704. The van der Waals surface area contributed by atoms with Crippen molar-refractivity contribution >= 4 is 6.29 Å². The third-order valence-electron chi connectivity index (χ3n) is 3.00. The number of nitrogens with zero attached hydrogens (tertiary/aromatic N) is 1. The zero-order valence-electron chi connectivity index (χ0n) is 7.33. The zero-order valence-corrected chi connectivity index (χ0v) is 7.33. The van der Waals surface area contributed by atoms with Gasteiger partial charge in [0.25, 0.3) is 0 Å². The lowest BCUT2D eigenvalue weighted by Crippen LogP contribution is -2.55. The highest BCUT2D eigenvalue weighted by molar-refractivity contribution is 5.54. The van der Waals surface area contributed by atoms with Crippen molar-refractivity contribution in [1.82, 2.24) is 10.2 Å². The normalized spacial score (nSPS) is 37.3. The number of piperidine rings is 1. The lowest BCUT2D eigenvalue weighted by Gasteiger charge is -2.41. The molecule has 0 amide bonds. The van der Waals surface area contributed by atoms with E-state index in [0.717, 1.165) is 38.9 Å². The molecular formula is C9H16N2O. The van der Waals surface area contributed by atoms with Gasteiger partial charge in [-0.2, -0.15) is 0 Å². The van der Waals surface area contributed by atoms with Gasteiger partial charge in [0.2, 0.25) is 0 Å². The van der Waals surface area contributed by atoms with E-state index >= 15 is 0 Å². The van der Waals surface area contributed by atoms with E-state index < -0.39 is 0 Å². The summed E-state index contributed by atoms with van der Waals surface area (Å²) in [7, 11) is 0. The Kier molecular flexibility index (Phi) is 2.42. The minimum Gasteiger partial charge on any atom is -0.314 e. The maximum absolute atomic E-state index is 10.6. The molecule has 0 aromatic rings. The predicted molar refractivity (Wildman–Crippen MR) is 47.0 cm³/mol. The summed E-state index contributed by atoms with van der Waals surface area (Å²) in [6.45, 7) is 4.32. The van der Waals surface area contributed by atoms with Gasteiger partial charge in [0.1, 0.15) is 6.29 Å². The molecule has 0 bridgehead atoms. The van der Waals surface area contributed by atoms with Crippen LogP contribution in [0.4, 0.5) is 0 Å². The lowest BCUT2D eigenvalue weighted by molar-refractivity contribution is -0.113. The second kappa shape index (κ2) is 3.54. The first kappa shape index (κ1) is 8.20. The van der Waals surface area contributed by atoms with E-state index in [0.29, 0.717) is 12.0 Å². The van der Waals surface area contributed by atoms with Crippen molar-refractivity contribution < 1.29 is 4.79 Å². The van der Waals surface area contributed by atoms with Gasteiger partial charge in [-0.3, -0.25) is 4.90 Å². The topological polar surface area (TPSA) is 32.3 Å². The third-order valence-corrected chi connectivity index (χ3v) is 3.00. The molecule has 2 heterocycles. The number of carbonyl (C=O) groups excluding carboxylic acids is 1. The minimum atomic E-state index is 0.305. The molecule has 0 saturated carbocycles. The number of fused-ring (bicyclic) bond motifs is 1. The zero-order chi connectivity index (χ0) is 8.39. The SMILES string of the molecule is O=CC1CCC2CNCCN2C1. The van der Waals surface area contributed by atoms with Crippen molar-refractivity contribution in [2.45, 2.75) is 18.9 Å². The highest BCUT2D eigenvalue weighted by Crippen LogP contribution is 2.21. The van der Waals surface area contributed by atoms with Crippen LogP contribution < -0.4 is 5.32 Å². The lowest BCUT2D eigenvalue weighted by atomic mass is 9.93. The standard InChI is InChI=1S/C9H16N2O/c12-7-8-1-2-9-5-10-3-4-11(9)6-8/h7-10H,1-6H2. The number of rotatable bonds is 1. The smallest absolute Gasteiger partial charge is 0.124 e. The van der Waals surface area contributed by atoms with Gasteiger partial charge in [0.15, 0.2) is 0 Å². The first-order chi connectivity index (χ1) is 5.90. The van der Waals surface area contributed by atoms with Crippen LogP contribution in [0.5, 0.6) is 0 Å². The molecule has 2 aliphatic rings. The Bertz CT molecular complexity index is 172. The van der Waals surface area contributed by atoms with Crippen LogP contribution >= 0.6 is 0 Å². The van der Waals surface area contributed by atoms with Crippen LogP contribution in [0.15, 0.2) is 0 Å². The van der Waals surface area contributed by atoms with Crippen LogP contribution in [0.3, 0.4) is 0 Å². The maximum Gasteiger partial charge on any atom is 0.124 e. The number of piperazine rings is 1. The molecule has 2 atom stereocenters. The summed E-state index contributed by atoms with van der Waals surface area (Å²) >= 11 is 0. The van der Waals surface area contributed by atoms with Crippen LogP contribution in [-0.4, -0.2) is 43.4 Å². The number of hydrogen-bond acceptors (Lipinski definition) is 3. The Morgan fingerprint density at radius 3 is 3.17 bits per heavy atom. The van der Waals surface area contributed by atoms with Crippen molar-refractivity contribution in [2.75, 3.05) is 26.2 Å². The van der Waals surface area contributed by atoms with Crippen LogP contribution in [0.25, 0.3) is 0 Å². The first-order valence-corrected chi connectivity index (χ1v) is 4.80. The third kappa shape index (κ3) is 1.52. The molecule has 0 aromatic carbocycles. The predicted octanol–water partition coefficient (Wildman–Crippen LogP) is -0.131. The summed E-state index contributed by atoms with van der Waals surface area (Å²) in [4.78, 5) is 13.0. The molecule has 0 aliphatic carbocycles. The summed E-state index contributed by atoms with van der Waals surface area (Å²) in [5.41, 5.74) is 0. The molecule has 2 aliphatic heterocycles. The van der Waals surface area contributed by atoms with Gasteiger partial charge >= 0.3 is 0 Å². The van der Waals surface area contributed by atoms with Gasteiger partial charge < -0.3 is 10.1 Å². The van der Waals surface area contributed by atoms with Crippen LogP contribution in [0, 0.1) is 5.92 Å². The minimum absolute atomic E-state index is 0.305. The van der Waals surface area contributed by atoms with E-state index in [4.69, 9.17) is 0 Å². The average molecular weight is 168 g/mol. The van der Waals surface area contributed by atoms with Crippen molar-refractivity contribution in [3.63, 3.8) is 0 Å². The highest BCUT2D eigenvalue weighted by atomic mass is 16.1. The Labute approximate surface area is 73.1 Å². The largest absolute Gasteiger partial charge is 0.314 e. The van der Waals surface area contributed by atoms with Gasteiger partial charge in [-0.25, -0.2) is 0 Å². The molecule has 3 nitrogen and oxygen atoms in total. The van der Waals surface area contributed by atoms with Crippen LogP contribution in [0.1, 0.15) is 12.8 Å². The van der Waals surface area contributed by atoms with E-state index in [-0.39, 0.29) is 0 Å². The fourth-order valence-corrected chi connectivity index (χ4v) is 2.24. The van der Waals surface area contributed by atoms with Gasteiger partial charge in [0.05, 0.1) is 0 Å². The van der Waals surface area contributed by atoms with Crippen molar-refractivity contribution in [3.05, 3.63) is 0 Å². The maximum atomic E-state index is 10.6. The number of carbonyl (C=O) groups is 1. The Morgan fingerprint density at radius 1 is 1.42 bits per heavy atom. The van der Waals surface area contributed by atoms with E-state index in [1.165, 1.54) is 6.42 Å². The van der Waals surface area contributed by atoms with E-state index in [9.17, 15) is 4.79 Å². The fraction of sp³-hybridized carbons (Fsp3) is 0.889. The van der Waals surface area contributed by atoms with Crippen molar-refractivity contribution in [1.29, 1.82) is 0 Å². The van der Waals surface area contributed by atoms with E-state index in [1.54, 1.807) is 0 Å². The van der Waals surface area contributed by atoms with Gasteiger partial charge in [0, 0.05) is 38.1 Å². The molecule has 3 heteroatoms. The van der Waals surface area contributed by atoms with Crippen LogP contribution in [-0.2, 0) is 4.79 Å². The highest BCUT2D eigenvalue weighted by Gasteiger charge is 2.29. The average Bonchev–Trinajstić information content (AvgIpc) is 2.17. The molecule has 2 fully saturated rings. The van der Waals surface area contributed by atoms with E-state index in [2.05, 4.69) is 10.2 Å². The number of hydrogen-bond donors (Lipinski definition) is 1. The Morgan fingerprint density at radius 2 is 2.33 bits per heavy atom. The van der Waals surface area contributed by atoms with Gasteiger partial charge in [-0.05, 0) is 12.8 Å². The quantitative estimate of drug-likeness (QED) is 0.553. The Balaban J connectivity index is 1.93. The molecule has 2 unspecified atom stereocenters. The molecular weight excluding hydrogens is 152 g/mol. The molecule has 0 spiro atoms. The fourth-order valence-electron chi connectivity index (χ4n) is 2.24. The molecule has 1 N–H and O–H groups in total. The van der Waals surface area contributed by atoms with Crippen molar-refractivity contribution in [3.8, 4) is 0 Å². The van der Waals surface area contributed by atoms with Gasteiger partial charge in [-0.15, -0.1) is 0 Å². The number of aldehydes is 1. The monoisotopic (exact) mass is 168 g/mol. The second-order valence-electron chi connectivity index (χ2n) is 3.83. The summed E-state index contributed by atoms with van der Waals surface area (Å²) < 4.78 is 0. The second-order valence-corrected chi connectivity index (χ2v) is 3.83. The molecule has 0 aromatic heterocycles. The first-order valence-electron chi connectivity index (χ1n) is 4.80. The summed E-state index contributed by atoms with van der Waals surface area (Å²) in [6.07, 6.45) is 3.40. The number of nitrogens with one attached hydrogen (secondary N) is 1. The molecule has 2 saturated heterocycles. The molecule has 12 heavy (non-hydrogen) atoms. The summed E-state index contributed by atoms with van der Waals surface area (Å²) in [5, 5.41) is 3.39. The molecule has 2 rings (SSSR count). The molecule has 0 radical (unpaired) electrons. The van der Waals surface area contributed by atoms with Crippen molar-refractivity contribution in [2.24, 2.45) is 5.92 Å².